The van der Waals surface area contributed by atoms with Crippen LogP contribution in [0.15, 0.2) is 0 Å². The first kappa shape index (κ1) is 13.1. The average molecular weight is 241 g/mol. The highest BCUT2D eigenvalue weighted by Gasteiger charge is 2.12. The van der Waals surface area contributed by atoms with Gasteiger partial charge in [-0.25, -0.2) is 4.68 Å². The van der Waals surface area contributed by atoms with Crippen LogP contribution in [0, 0.1) is 6.92 Å². The Morgan fingerprint density at radius 1 is 1.44 bits per heavy atom. The van der Waals surface area contributed by atoms with Gasteiger partial charge in [-0.2, -0.15) is 0 Å². The Kier molecular flexibility index (Phi) is 4.37. The summed E-state index contributed by atoms with van der Waals surface area (Å²) < 4.78 is 7.12. The highest BCUT2D eigenvalue weighted by Crippen LogP contribution is 2.08. The zero-order valence-electron chi connectivity index (χ0n) is 10.4. The number of hydrogen-bond donors (Lipinski definition) is 0. The van der Waals surface area contributed by atoms with Crippen molar-refractivity contribution in [1.82, 2.24) is 15.0 Å². The number of carbonyl (C=O) groups is 1. The molecule has 0 spiro atoms. The normalized spacial score (nSPS) is 11.8. The van der Waals surface area contributed by atoms with Gasteiger partial charge in [-0.05, 0) is 13.0 Å². The molecule has 0 saturated heterocycles. The molecule has 0 unspecified atom stereocenters. The Bertz CT molecular complexity index is 357. The summed E-state index contributed by atoms with van der Waals surface area (Å²) in [6.45, 7) is 9.85. The maximum absolute atomic E-state index is 10.6. The summed E-state index contributed by atoms with van der Waals surface area (Å²) in [5.41, 5.74) is 1.14. The van der Waals surface area contributed by atoms with E-state index >= 15 is 0 Å². The predicted octanol–water partition coefficient (Wildman–Crippen LogP) is 1.71. The number of hydrogen-bond acceptors (Lipinski definition) is 4. The molecular weight excluding hydrogens is 222 g/mol. The lowest BCUT2D eigenvalue weighted by atomic mass is 10.4. The van der Waals surface area contributed by atoms with E-state index in [-0.39, 0.29) is 0 Å². The van der Waals surface area contributed by atoms with Crippen LogP contribution in [-0.4, -0.2) is 36.0 Å². The summed E-state index contributed by atoms with van der Waals surface area (Å²) in [5.74, 6) is 0. The molecule has 5 nitrogen and oxygen atoms in total. The molecule has 0 aliphatic carbocycles. The molecule has 6 heteroatoms. The molecule has 1 rings (SSSR count). The van der Waals surface area contributed by atoms with E-state index in [0.717, 1.165) is 18.3 Å². The molecule has 1 aromatic heterocycles. The molecule has 0 saturated carbocycles. The van der Waals surface area contributed by atoms with Crippen LogP contribution in [0.5, 0.6) is 0 Å². The number of carbonyl (C=O) groups excluding carboxylic acids is 1. The first-order valence-electron chi connectivity index (χ1n) is 5.37. The number of nitrogens with zero attached hydrogens (tertiary/aromatic N) is 3. The third kappa shape index (κ3) is 3.86. The van der Waals surface area contributed by atoms with Crippen LogP contribution in [0.3, 0.4) is 0 Å². The van der Waals surface area contributed by atoms with Gasteiger partial charge in [0.2, 0.25) is 0 Å². The van der Waals surface area contributed by atoms with Gasteiger partial charge < -0.3 is 4.74 Å². The van der Waals surface area contributed by atoms with E-state index in [2.05, 4.69) is 30.0 Å². The second-order valence-corrected chi connectivity index (χ2v) is 10.6. The minimum atomic E-state index is -1.04. The van der Waals surface area contributed by atoms with Crippen LogP contribution in [0.25, 0.3) is 0 Å². The maximum Gasteiger partial charge on any atom is 0.172 e. The van der Waals surface area contributed by atoms with Crippen LogP contribution < -0.4 is 0 Å². The Labute approximate surface area is 96.8 Å². The molecule has 1 aromatic rings. The monoisotopic (exact) mass is 241 g/mol. The third-order valence-corrected chi connectivity index (χ3v) is 4.04. The van der Waals surface area contributed by atoms with Gasteiger partial charge >= 0.3 is 0 Å². The van der Waals surface area contributed by atoms with Gasteiger partial charge in [0.05, 0.1) is 5.69 Å². The molecule has 0 N–H and O–H groups in total. The first-order valence-corrected chi connectivity index (χ1v) is 9.08. The van der Waals surface area contributed by atoms with Gasteiger partial charge in [0.25, 0.3) is 0 Å². The minimum absolute atomic E-state index is 0.372. The Hall–Kier alpha value is -1.01. The largest absolute Gasteiger partial charge is 0.359 e. The summed E-state index contributed by atoms with van der Waals surface area (Å²) in [4.78, 5) is 10.6. The van der Waals surface area contributed by atoms with E-state index in [1.54, 1.807) is 4.68 Å². The average Bonchev–Trinajstić information content (AvgIpc) is 2.53. The summed E-state index contributed by atoms with van der Waals surface area (Å²) in [6.07, 6.45) is 0.709. The molecular formula is C10H19N3O2Si. The van der Waals surface area contributed by atoms with Gasteiger partial charge in [-0.1, -0.05) is 24.9 Å². The topological polar surface area (TPSA) is 57.0 Å². The van der Waals surface area contributed by atoms with Crippen molar-refractivity contribution in [2.45, 2.75) is 39.3 Å². The minimum Gasteiger partial charge on any atom is -0.359 e. The Morgan fingerprint density at radius 3 is 2.62 bits per heavy atom. The lowest BCUT2D eigenvalue weighted by Crippen LogP contribution is -2.22. The number of ether oxygens (including phenoxy) is 1. The van der Waals surface area contributed by atoms with Crippen molar-refractivity contribution in [2.24, 2.45) is 0 Å². The van der Waals surface area contributed by atoms with Crippen LogP contribution in [-0.2, 0) is 11.5 Å². The fourth-order valence-corrected chi connectivity index (χ4v) is 1.89. The van der Waals surface area contributed by atoms with Gasteiger partial charge in [-0.3, -0.25) is 4.79 Å². The van der Waals surface area contributed by atoms with Crippen LogP contribution in [0.2, 0.25) is 25.7 Å². The summed E-state index contributed by atoms with van der Waals surface area (Å²) in [7, 11) is -1.04. The summed E-state index contributed by atoms with van der Waals surface area (Å²) in [6, 6.07) is 1.13. The van der Waals surface area contributed by atoms with Crippen molar-refractivity contribution in [3.8, 4) is 0 Å². The molecule has 0 aliphatic heterocycles. The molecule has 0 aliphatic rings. The fourth-order valence-electron chi connectivity index (χ4n) is 1.13. The van der Waals surface area contributed by atoms with Gasteiger partial charge in [0, 0.05) is 14.7 Å². The van der Waals surface area contributed by atoms with Crippen LogP contribution in [0.4, 0.5) is 0 Å². The van der Waals surface area contributed by atoms with Crippen molar-refractivity contribution < 1.29 is 9.53 Å². The lowest BCUT2D eigenvalue weighted by Gasteiger charge is -2.15. The molecule has 16 heavy (non-hydrogen) atoms. The standard InChI is InChI=1S/C10H19N3O2Si/c1-9-10(7-14)11-12-13(9)8-15-5-6-16(2,3)4/h7H,5-6,8H2,1-4H3. The van der Waals surface area contributed by atoms with Crippen molar-refractivity contribution in [3.63, 3.8) is 0 Å². The quantitative estimate of drug-likeness (QED) is 0.432. The molecule has 0 bridgehead atoms. The zero-order valence-corrected chi connectivity index (χ0v) is 11.4. The highest BCUT2D eigenvalue weighted by atomic mass is 28.3. The van der Waals surface area contributed by atoms with Crippen molar-refractivity contribution in [2.75, 3.05) is 6.61 Å². The number of aromatic nitrogens is 3. The Balaban J connectivity index is 2.38. The lowest BCUT2D eigenvalue weighted by molar-refractivity contribution is 0.0758. The second kappa shape index (κ2) is 5.36. The van der Waals surface area contributed by atoms with Crippen molar-refractivity contribution in [1.29, 1.82) is 0 Å². The number of rotatable bonds is 6. The van der Waals surface area contributed by atoms with E-state index in [4.69, 9.17) is 4.74 Å². The van der Waals surface area contributed by atoms with Crippen molar-refractivity contribution in [3.05, 3.63) is 11.4 Å². The third-order valence-electron chi connectivity index (χ3n) is 2.34. The van der Waals surface area contributed by atoms with Gasteiger partial charge in [0.1, 0.15) is 12.4 Å². The summed E-state index contributed by atoms with van der Waals surface area (Å²) in [5, 5.41) is 7.58. The second-order valence-electron chi connectivity index (χ2n) is 5.03. The fraction of sp³-hybridized carbons (Fsp3) is 0.700. The SMILES string of the molecule is Cc1c(C=O)nnn1COCC[Si](C)(C)C. The Morgan fingerprint density at radius 2 is 2.12 bits per heavy atom. The van der Waals surface area contributed by atoms with E-state index in [0.29, 0.717) is 18.7 Å². The number of aldehydes is 1. The molecule has 0 radical (unpaired) electrons. The first-order chi connectivity index (χ1) is 7.44. The van der Waals surface area contributed by atoms with E-state index in [1.165, 1.54) is 0 Å². The smallest absolute Gasteiger partial charge is 0.172 e. The predicted molar refractivity (Wildman–Crippen MR) is 64.3 cm³/mol. The zero-order chi connectivity index (χ0) is 12.2. The van der Waals surface area contributed by atoms with Gasteiger partial charge in [0.15, 0.2) is 6.29 Å². The van der Waals surface area contributed by atoms with Gasteiger partial charge in [-0.15, -0.1) is 5.10 Å². The molecule has 0 aromatic carbocycles. The molecule has 1 heterocycles. The van der Waals surface area contributed by atoms with Crippen LogP contribution >= 0.6 is 0 Å². The van der Waals surface area contributed by atoms with E-state index < -0.39 is 8.07 Å². The van der Waals surface area contributed by atoms with E-state index in [9.17, 15) is 4.79 Å². The van der Waals surface area contributed by atoms with Crippen LogP contribution in [0.1, 0.15) is 16.2 Å². The molecule has 90 valence electrons. The molecule has 0 fully saturated rings. The van der Waals surface area contributed by atoms with Crippen molar-refractivity contribution >= 4 is 14.4 Å². The molecule has 0 amide bonds. The van der Waals surface area contributed by atoms with E-state index in [1.807, 2.05) is 6.92 Å². The highest BCUT2D eigenvalue weighted by molar-refractivity contribution is 6.76. The molecule has 0 atom stereocenters. The summed E-state index contributed by atoms with van der Waals surface area (Å²) >= 11 is 0. The maximum atomic E-state index is 10.6.